The third-order valence-corrected chi connectivity index (χ3v) is 5.16. The number of hydrogen-bond donors (Lipinski definition) is 2. The van der Waals surface area contributed by atoms with Crippen molar-refractivity contribution in [2.24, 2.45) is 0 Å². The first-order valence-electron chi connectivity index (χ1n) is 7.01. The van der Waals surface area contributed by atoms with Crippen molar-refractivity contribution in [3.05, 3.63) is 0 Å². The molecule has 0 heterocycles. The molecular formula is C12H27N3O2S. The largest absolute Gasteiger partial charge is 0.317 e. The molecule has 0 aromatic carbocycles. The highest BCUT2D eigenvalue weighted by atomic mass is 32.2. The van der Waals surface area contributed by atoms with Crippen molar-refractivity contribution in [3.63, 3.8) is 0 Å². The van der Waals surface area contributed by atoms with E-state index in [9.17, 15) is 8.42 Å². The van der Waals surface area contributed by atoms with E-state index < -0.39 is 10.2 Å². The molecule has 0 aromatic rings. The summed E-state index contributed by atoms with van der Waals surface area (Å²) in [4.78, 5) is 0. The normalized spacial score (nSPS) is 18.4. The summed E-state index contributed by atoms with van der Waals surface area (Å²) < 4.78 is 28.3. The SMILES string of the molecule is CCNCCCNS(=O)(=O)N(C)C1CCCCC1. The highest BCUT2D eigenvalue weighted by molar-refractivity contribution is 7.87. The monoisotopic (exact) mass is 277 g/mol. The zero-order valence-corrected chi connectivity index (χ0v) is 12.4. The van der Waals surface area contributed by atoms with E-state index in [1.807, 2.05) is 6.92 Å². The average molecular weight is 277 g/mol. The van der Waals surface area contributed by atoms with Gasteiger partial charge in [-0.15, -0.1) is 0 Å². The standard InChI is InChI=1S/C12H27N3O2S/c1-3-13-10-7-11-14-18(16,17)15(2)12-8-5-4-6-9-12/h12-14H,3-11H2,1-2H3. The number of nitrogens with one attached hydrogen (secondary N) is 2. The average Bonchev–Trinajstić information content (AvgIpc) is 2.38. The molecule has 5 nitrogen and oxygen atoms in total. The first kappa shape index (κ1) is 15.9. The zero-order valence-electron chi connectivity index (χ0n) is 11.6. The van der Waals surface area contributed by atoms with Crippen LogP contribution in [0.25, 0.3) is 0 Å². The van der Waals surface area contributed by atoms with Crippen molar-refractivity contribution in [1.29, 1.82) is 0 Å². The second-order valence-corrected chi connectivity index (χ2v) is 6.73. The summed E-state index contributed by atoms with van der Waals surface area (Å²) in [6.45, 7) is 4.33. The summed E-state index contributed by atoms with van der Waals surface area (Å²) in [5, 5.41) is 3.18. The van der Waals surface area contributed by atoms with Gasteiger partial charge in [-0.25, -0.2) is 4.72 Å². The molecule has 0 aromatic heterocycles. The van der Waals surface area contributed by atoms with Crippen LogP contribution >= 0.6 is 0 Å². The van der Waals surface area contributed by atoms with Crippen LogP contribution in [-0.2, 0) is 10.2 Å². The third-order valence-electron chi connectivity index (χ3n) is 3.53. The molecule has 0 saturated heterocycles. The van der Waals surface area contributed by atoms with E-state index in [1.54, 1.807) is 7.05 Å². The van der Waals surface area contributed by atoms with Crippen LogP contribution in [0.5, 0.6) is 0 Å². The maximum Gasteiger partial charge on any atom is 0.279 e. The Kier molecular flexibility index (Phi) is 7.14. The van der Waals surface area contributed by atoms with Crippen LogP contribution in [0.4, 0.5) is 0 Å². The van der Waals surface area contributed by atoms with Gasteiger partial charge in [0.25, 0.3) is 10.2 Å². The van der Waals surface area contributed by atoms with Crippen molar-refractivity contribution in [1.82, 2.24) is 14.3 Å². The van der Waals surface area contributed by atoms with Gasteiger partial charge in [-0.1, -0.05) is 26.2 Å². The summed E-state index contributed by atoms with van der Waals surface area (Å²) in [6, 6.07) is 0.185. The van der Waals surface area contributed by atoms with Crippen molar-refractivity contribution in [2.45, 2.75) is 51.5 Å². The number of nitrogens with zero attached hydrogens (tertiary/aromatic N) is 1. The Balaban J connectivity index is 2.32. The molecule has 108 valence electrons. The first-order valence-corrected chi connectivity index (χ1v) is 8.45. The Morgan fingerprint density at radius 2 is 1.83 bits per heavy atom. The smallest absolute Gasteiger partial charge is 0.279 e. The lowest BCUT2D eigenvalue weighted by Gasteiger charge is -2.30. The molecule has 2 N–H and O–H groups in total. The van der Waals surface area contributed by atoms with Gasteiger partial charge in [0, 0.05) is 19.6 Å². The molecule has 0 aliphatic heterocycles. The maximum absolute atomic E-state index is 12.1. The topological polar surface area (TPSA) is 61.4 Å². The van der Waals surface area contributed by atoms with E-state index >= 15 is 0 Å². The molecule has 0 atom stereocenters. The first-order chi connectivity index (χ1) is 8.58. The van der Waals surface area contributed by atoms with Crippen LogP contribution in [0.3, 0.4) is 0 Å². The fourth-order valence-corrected chi connectivity index (χ4v) is 3.54. The second-order valence-electron chi connectivity index (χ2n) is 4.91. The van der Waals surface area contributed by atoms with Crippen molar-refractivity contribution < 1.29 is 8.42 Å². The third kappa shape index (κ3) is 5.22. The van der Waals surface area contributed by atoms with Gasteiger partial charge in [-0.2, -0.15) is 12.7 Å². The number of hydrogen-bond acceptors (Lipinski definition) is 3. The minimum Gasteiger partial charge on any atom is -0.317 e. The summed E-state index contributed by atoms with van der Waals surface area (Å²) in [7, 11) is -1.59. The van der Waals surface area contributed by atoms with E-state index in [0.717, 1.165) is 45.2 Å². The van der Waals surface area contributed by atoms with E-state index in [-0.39, 0.29) is 6.04 Å². The second kappa shape index (κ2) is 8.09. The van der Waals surface area contributed by atoms with Crippen LogP contribution in [-0.4, -0.2) is 45.4 Å². The summed E-state index contributed by atoms with van der Waals surface area (Å²) in [5.41, 5.74) is 0. The van der Waals surface area contributed by atoms with Crippen molar-refractivity contribution in [3.8, 4) is 0 Å². The molecule has 18 heavy (non-hydrogen) atoms. The van der Waals surface area contributed by atoms with Crippen LogP contribution in [0.15, 0.2) is 0 Å². The van der Waals surface area contributed by atoms with Gasteiger partial charge in [0.1, 0.15) is 0 Å². The fourth-order valence-electron chi connectivity index (χ4n) is 2.33. The van der Waals surface area contributed by atoms with Gasteiger partial charge in [0.05, 0.1) is 0 Å². The Hall–Kier alpha value is -0.170. The van der Waals surface area contributed by atoms with Gasteiger partial charge in [-0.05, 0) is 32.4 Å². The van der Waals surface area contributed by atoms with E-state index in [0.29, 0.717) is 6.54 Å². The minimum atomic E-state index is -3.29. The molecule has 0 bridgehead atoms. The fraction of sp³-hybridized carbons (Fsp3) is 1.00. The van der Waals surface area contributed by atoms with Crippen LogP contribution in [0.2, 0.25) is 0 Å². The summed E-state index contributed by atoms with van der Waals surface area (Å²) in [5.74, 6) is 0. The minimum absolute atomic E-state index is 0.185. The quantitative estimate of drug-likeness (QED) is 0.653. The molecule has 0 unspecified atom stereocenters. The molecule has 1 aliphatic carbocycles. The van der Waals surface area contributed by atoms with Crippen molar-refractivity contribution in [2.75, 3.05) is 26.7 Å². The molecule has 0 radical (unpaired) electrons. The molecule has 0 spiro atoms. The predicted octanol–water partition coefficient (Wildman–Crippen LogP) is 1.08. The number of rotatable bonds is 8. The maximum atomic E-state index is 12.1. The highest BCUT2D eigenvalue weighted by Gasteiger charge is 2.26. The Morgan fingerprint density at radius 3 is 2.44 bits per heavy atom. The Morgan fingerprint density at radius 1 is 1.17 bits per heavy atom. The lowest BCUT2D eigenvalue weighted by molar-refractivity contribution is 0.283. The van der Waals surface area contributed by atoms with Crippen molar-refractivity contribution >= 4 is 10.2 Å². The molecule has 1 rings (SSSR count). The lowest BCUT2D eigenvalue weighted by Crippen LogP contribution is -2.45. The lowest BCUT2D eigenvalue weighted by atomic mass is 9.96. The molecule has 1 saturated carbocycles. The molecule has 6 heteroatoms. The molecule has 1 fully saturated rings. The van der Waals surface area contributed by atoms with Crippen LogP contribution in [0, 0.1) is 0 Å². The van der Waals surface area contributed by atoms with Gasteiger partial charge in [-0.3, -0.25) is 0 Å². The zero-order chi connectivity index (χ0) is 13.4. The van der Waals surface area contributed by atoms with E-state index in [1.165, 1.54) is 10.7 Å². The molecule has 1 aliphatic rings. The van der Waals surface area contributed by atoms with Gasteiger partial charge >= 0.3 is 0 Å². The Labute approximate surface area is 112 Å². The van der Waals surface area contributed by atoms with E-state index in [4.69, 9.17) is 0 Å². The van der Waals surface area contributed by atoms with Gasteiger partial charge in [0.15, 0.2) is 0 Å². The van der Waals surface area contributed by atoms with Gasteiger partial charge < -0.3 is 5.32 Å². The summed E-state index contributed by atoms with van der Waals surface area (Å²) in [6.07, 6.45) is 6.34. The van der Waals surface area contributed by atoms with Crippen LogP contribution < -0.4 is 10.0 Å². The summed E-state index contributed by atoms with van der Waals surface area (Å²) >= 11 is 0. The Bertz CT molecular complexity index is 313. The molecular weight excluding hydrogens is 250 g/mol. The highest BCUT2D eigenvalue weighted by Crippen LogP contribution is 2.22. The van der Waals surface area contributed by atoms with Gasteiger partial charge in [0.2, 0.25) is 0 Å². The van der Waals surface area contributed by atoms with Crippen LogP contribution in [0.1, 0.15) is 45.4 Å². The van der Waals surface area contributed by atoms with E-state index in [2.05, 4.69) is 10.0 Å². The predicted molar refractivity (Wildman–Crippen MR) is 74.7 cm³/mol. The molecule has 0 amide bonds.